The molecule has 0 spiro atoms. The molecule has 1 aromatic rings. The first-order valence-corrected chi connectivity index (χ1v) is 7.60. The second-order valence-corrected chi connectivity index (χ2v) is 6.14. The van der Waals surface area contributed by atoms with E-state index in [0.29, 0.717) is 18.9 Å². The SMILES string of the molecule is O=C(O)[C@@H]1C[C@@H]2CCCC[C@@H]2N1C(=O)c1ccc(F)c(F)c1F. The van der Waals surface area contributed by atoms with E-state index in [1.54, 1.807) is 0 Å². The van der Waals surface area contributed by atoms with Gasteiger partial charge in [0.1, 0.15) is 6.04 Å². The summed E-state index contributed by atoms with van der Waals surface area (Å²) in [4.78, 5) is 25.3. The number of carbonyl (C=O) groups excluding carboxylic acids is 1. The van der Waals surface area contributed by atoms with Crippen molar-refractivity contribution < 1.29 is 27.9 Å². The van der Waals surface area contributed by atoms with Gasteiger partial charge in [0.2, 0.25) is 0 Å². The van der Waals surface area contributed by atoms with E-state index >= 15 is 0 Å². The van der Waals surface area contributed by atoms with Crippen molar-refractivity contribution >= 4 is 11.9 Å². The first-order valence-electron chi connectivity index (χ1n) is 7.60. The van der Waals surface area contributed by atoms with Gasteiger partial charge in [0.05, 0.1) is 5.56 Å². The van der Waals surface area contributed by atoms with Gasteiger partial charge in [-0.05, 0) is 37.3 Å². The van der Waals surface area contributed by atoms with Gasteiger partial charge in [-0.25, -0.2) is 18.0 Å². The fraction of sp³-hybridized carbons (Fsp3) is 0.500. The van der Waals surface area contributed by atoms with Crippen molar-refractivity contribution in [3.05, 3.63) is 35.1 Å². The molecule has 1 aliphatic carbocycles. The molecule has 0 aromatic heterocycles. The van der Waals surface area contributed by atoms with Gasteiger partial charge >= 0.3 is 5.97 Å². The Morgan fingerprint density at radius 3 is 2.48 bits per heavy atom. The third-order valence-corrected chi connectivity index (χ3v) is 4.87. The van der Waals surface area contributed by atoms with Crippen LogP contribution in [0.1, 0.15) is 42.5 Å². The predicted molar refractivity (Wildman–Crippen MR) is 74.3 cm³/mol. The van der Waals surface area contributed by atoms with Crippen LogP contribution in [0.3, 0.4) is 0 Å². The number of likely N-dealkylation sites (tertiary alicyclic amines) is 1. The fourth-order valence-electron chi connectivity index (χ4n) is 3.80. The highest BCUT2D eigenvalue weighted by atomic mass is 19.2. The van der Waals surface area contributed by atoms with E-state index in [2.05, 4.69) is 0 Å². The second-order valence-electron chi connectivity index (χ2n) is 6.14. The highest BCUT2D eigenvalue weighted by Crippen LogP contribution is 2.40. The van der Waals surface area contributed by atoms with Gasteiger partial charge in [-0.2, -0.15) is 0 Å². The van der Waals surface area contributed by atoms with E-state index in [4.69, 9.17) is 0 Å². The summed E-state index contributed by atoms with van der Waals surface area (Å²) in [6.07, 6.45) is 3.60. The molecule has 23 heavy (non-hydrogen) atoms. The van der Waals surface area contributed by atoms with Crippen molar-refractivity contribution in [3.8, 4) is 0 Å². The van der Waals surface area contributed by atoms with E-state index in [0.717, 1.165) is 30.2 Å². The summed E-state index contributed by atoms with van der Waals surface area (Å²) in [7, 11) is 0. The Bertz CT molecular complexity index is 664. The van der Waals surface area contributed by atoms with Crippen LogP contribution in [-0.4, -0.2) is 34.0 Å². The van der Waals surface area contributed by atoms with Gasteiger partial charge in [-0.15, -0.1) is 0 Å². The lowest BCUT2D eigenvalue weighted by atomic mass is 9.84. The van der Waals surface area contributed by atoms with E-state index < -0.39 is 40.9 Å². The molecule has 0 radical (unpaired) electrons. The number of rotatable bonds is 2. The van der Waals surface area contributed by atoms with Gasteiger partial charge in [0.15, 0.2) is 17.5 Å². The lowest BCUT2D eigenvalue weighted by molar-refractivity contribution is -0.141. The van der Waals surface area contributed by atoms with Crippen LogP contribution in [0.2, 0.25) is 0 Å². The lowest BCUT2D eigenvalue weighted by Crippen LogP contribution is -2.46. The molecule has 2 aliphatic rings. The molecule has 0 bridgehead atoms. The molecule has 3 atom stereocenters. The van der Waals surface area contributed by atoms with Gasteiger partial charge < -0.3 is 10.0 Å². The Morgan fingerprint density at radius 1 is 1.09 bits per heavy atom. The van der Waals surface area contributed by atoms with Crippen LogP contribution in [0.4, 0.5) is 13.2 Å². The number of benzene rings is 1. The summed E-state index contributed by atoms with van der Waals surface area (Å²) >= 11 is 0. The topological polar surface area (TPSA) is 57.6 Å². The van der Waals surface area contributed by atoms with Crippen LogP contribution >= 0.6 is 0 Å². The van der Waals surface area contributed by atoms with Crippen LogP contribution in [-0.2, 0) is 4.79 Å². The molecule has 1 saturated heterocycles. The van der Waals surface area contributed by atoms with Gasteiger partial charge in [-0.1, -0.05) is 12.8 Å². The maximum absolute atomic E-state index is 13.9. The Balaban J connectivity index is 1.99. The van der Waals surface area contributed by atoms with Gasteiger partial charge in [0.25, 0.3) is 5.91 Å². The van der Waals surface area contributed by atoms with Crippen molar-refractivity contribution in [2.45, 2.75) is 44.2 Å². The first-order chi connectivity index (χ1) is 10.9. The molecule has 7 heteroatoms. The van der Waals surface area contributed by atoms with Crippen molar-refractivity contribution in [1.82, 2.24) is 4.90 Å². The molecule has 0 unspecified atom stereocenters. The molecule has 124 valence electrons. The molecular formula is C16H16F3NO3. The van der Waals surface area contributed by atoms with E-state index in [9.17, 15) is 27.9 Å². The number of carbonyl (C=O) groups is 2. The van der Waals surface area contributed by atoms with Crippen molar-refractivity contribution in [1.29, 1.82) is 0 Å². The van der Waals surface area contributed by atoms with Crippen molar-refractivity contribution in [2.75, 3.05) is 0 Å². The van der Waals surface area contributed by atoms with Crippen LogP contribution in [0.5, 0.6) is 0 Å². The maximum Gasteiger partial charge on any atom is 0.326 e. The Kier molecular flexibility index (Phi) is 4.04. The molecule has 3 rings (SSSR count). The minimum absolute atomic E-state index is 0.0576. The lowest BCUT2D eigenvalue weighted by Gasteiger charge is -2.33. The summed E-state index contributed by atoms with van der Waals surface area (Å²) in [5, 5.41) is 9.37. The van der Waals surface area contributed by atoms with E-state index in [1.165, 1.54) is 0 Å². The molecule has 1 N–H and O–H groups in total. The number of carboxylic acid groups (broad SMARTS) is 1. The summed E-state index contributed by atoms with van der Waals surface area (Å²) in [6, 6.07) is 0.203. The van der Waals surface area contributed by atoms with Crippen LogP contribution < -0.4 is 0 Å². The van der Waals surface area contributed by atoms with Crippen LogP contribution in [0, 0.1) is 23.4 Å². The largest absolute Gasteiger partial charge is 0.480 e. The van der Waals surface area contributed by atoms with Crippen molar-refractivity contribution in [2.24, 2.45) is 5.92 Å². The van der Waals surface area contributed by atoms with E-state index in [-0.39, 0.29) is 12.0 Å². The number of nitrogens with zero attached hydrogens (tertiary/aromatic N) is 1. The average molecular weight is 327 g/mol. The standard InChI is InChI=1S/C16H16F3NO3/c17-10-6-5-9(13(18)14(10)19)15(21)20-11-4-2-1-3-8(11)7-12(20)16(22)23/h5-6,8,11-12H,1-4,7H2,(H,22,23)/t8-,11-,12-/m0/s1. The number of aliphatic carboxylic acids is 1. The highest BCUT2D eigenvalue weighted by Gasteiger charge is 2.48. The minimum Gasteiger partial charge on any atom is -0.480 e. The maximum atomic E-state index is 13.9. The zero-order valence-electron chi connectivity index (χ0n) is 12.3. The van der Waals surface area contributed by atoms with Crippen LogP contribution in [0.15, 0.2) is 12.1 Å². The molecule has 1 amide bonds. The number of hydrogen-bond donors (Lipinski definition) is 1. The normalized spacial score (nSPS) is 26.9. The smallest absolute Gasteiger partial charge is 0.326 e. The quantitative estimate of drug-likeness (QED) is 0.850. The van der Waals surface area contributed by atoms with Crippen molar-refractivity contribution in [3.63, 3.8) is 0 Å². The second kappa shape index (κ2) is 5.86. The number of fused-ring (bicyclic) bond motifs is 1. The number of hydrogen-bond acceptors (Lipinski definition) is 2. The molecular weight excluding hydrogens is 311 g/mol. The third kappa shape index (κ3) is 2.58. The van der Waals surface area contributed by atoms with Crippen LogP contribution in [0.25, 0.3) is 0 Å². The summed E-state index contributed by atoms with van der Waals surface area (Å²) in [6.45, 7) is 0. The molecule has 1 heterocycles. The molecule has 2 fully saturated rings. The number of amides is 1. The van der Waals surface area contributed by atoms with Gasteiger partial charge in [-0.3, -0.25) is 4.79 Å². The summed E-state index contributed by atoms with van der Waals surface area (Å²) in [5.74, 6) is -6.66. The molecule has 1 aliphatic heterocycles. The minimum atomic E-state index is -1.72. The van der Waals surface area contributed by atoms with Gasteiger partial charge in [0, 0.05) is 6.04 Å². The predicted octanol–water partition coefficient (Wildman–Crippen LogP) is 2.96. The number of carboxylic acids is 1. The fourth-order valence-corrected chi connectivity index (χ4v) is 3.80. The Labute approximate surface area is 130 Å². The third-order valence-electron chi connectivity index (χ3n) is 4.87. The average Bonchev–Trinajstić information content (AvgIpc) is 2.92. The summed E-state index contributed by atoms with van der Waals surface area (Å²) in [5.41, 5.74) is -0.624. The van der Waals surface area contributed by atoms with E-state index in [1.807, 2.05) is 0 Å². The number of halogens is 3. The molecule has 1 aromatic carbocycles. The highest BCUT2D eigenvalue weighted by molar-refractivity contribution is 5.97. The summed E-state index contributed by atoms with van der Waals surface area (Å²) < 4.78 is 40.3. The molecule has 4 nitrogen and oxygen atoms in total. The Morgan fingerprint density at radius 2 is 1.78 bits per heavy atom. The monoisotopic (exact) mass is 327 g/mol. The zero-order valence-corrected chi connectivity index (χ0v) is 12.3. The Hall–Kier alpha value is -2.05. The molecule has 1 saturated carbocycles. The zero-order chi connectivity index (χ0) is 16.7. The first kappa shape index (κ1) is 15.8.